The number of aliphatic imine (C=N–C) groups is 2. The van der Waals surface area contributed by atoms with Crippen molar-refractivity contribution in [1.82, 2.24) is 4.90 Å². The van der Waals surface area contributed by atoms with Crippen molar-refractivity contribution in [3.05, 3.63) is 54.1 Å². The Morgan fingerprint density at radius 3 is 2.59 bits per heavy atom. The van der Waals surface area contributed by atoms with Crippen molar-refractivity contribution in [2.24, 2.45) is 9.98 Å². The van der Waals surface area contributed by atoms with E-state index in [1.54, 1.807) is 21.9 Å². The van der Waals surface area contributed by atoms with Gasteiger partial charge in [0, 0.05) is 12.1 Å². The zero-order valence-electron chi connectivity index (χ0n) is 15.9. The van der Waals surface area contributed by atoms with Crippen molar-refractivity contribution in [2.45, 2.75) is 13.3 Å². The third kappa shape index (κ3) is 3.75. The summed E-state index contributed by atoms with van der Waals surface area (Å²) in [6.45, 7) is 2.77. The molecule has 29 heavy (non-hydrogen) atoms. The summed E-state index contributed by atoms with van der Waals surface area (Å²) >= 11 is 1.23. The van der Waals surface area contributed by atoms with E-state index < -0.39 is 0 Å². The van der Waals surface area contributed by atoms with Crippen molar-refractivity contribution in [1.29, 1.82) is 0 Å². The van der Waals surface area contributed by atoms with E-state index in [1.807, 2.05) is 31.2 Å². The highest BCUT2D eigenvalue weighted by Crippen LogP contribution is 2.31. The number of benzene rings is 2. The first kappa shape index (κ1) is 19.2. The number of thioether (sulfide) groups is 1. The number of amides is 2. The molecule has 8 heteroatoms. The highest BCUT2D eigenvalue weighted by atomic mass is 32.2. The summed E-state index contributed by atoms with van der Waals surface area (Å²) in [5, 5.41) is 9.46. The Hall–Kier alpha value is -3.13. The Labute approximate surface area is 172 Å². The first-order chi connectivity index (χ1) is 14.1. The molecule has 2 amide bonds. The van der Waals surface area contributed by atoms with Crippen LogP contribution in [0.1, 0.15) is 18.9 Å². The van der Waals surface area contributed by atoms with Gasteiger partial charge in [-0.05, 0) is 36.8 Å². The van der Waals surface area contributed by atoms with E-state index in [0.29, 0.717) is 29.5 Å². The van der Waals surface area contributed by atoms with Gasteiger partial charge in [-0.1, -0.05) is 36.9 Å². The predicted octanol–water partition coefficient (Wildman–Crippen LogP) is 3.79. The first-order valence-electron chi connectivity index (χ1n) is 9.35. The van der Waals surface area contributed by atoms with E-state index in [-0.39, 0.29) is 23.6 Å². The molecule has 148 valence electrons. The van der Waals surface area contributed by atoms with Crippen molar-refractivity contribution in [3.8, 4) is 5.75 Å². The summed E-state index contributed by atoms with van der Waals surface area (Å²) in [4.78, 5) is 37.5. The second-order valence-corrected chi connectivity index (χ2v) is 7.58. The molecule has 0 saturated carbocycles. The summed E-state index contributed by atoms with van der Waals surface area (Å²) in [5.74, 6) is 1.14. The molecule has 1 fully saturated rings. The number of phenols is 1. The molecule has 0 bridgehead atoms. The number of phenolic OH excluding ortho intramolecular Hbond substituents is 1. The molecule has 0 radical (unpaired) electrons. The zero-order valence-corrected chi connectivity index (χ0v) is 16.7. The van der Waals surface area contributed by atoms with Gasteiger partial charge in [0.2, 0.25) is 0 Å². The number of fused-ring (bicyclic) bond motifs is 1. The topological polar surface area (TPSA) is 85.6 Å². The second kappa shape index (κ2) is 8.08. The normalized spacial score (nSPS) is 18.9. The number of nitrogens with zero attached hydrogens (tertiary/aromatic N) is 4. The van der Waals surface area contributed by atoms with Crippen LogP contribution in [-0.4, -0.2) is 51.7 Å². The van der Waals surface area contributed by atoms with Crippen LogP contribution in [0.4, 0.5) is 16.2 Å². The number of carbonyl (C=O) groups is 2. The van der Waals surface area contributed by atoms with Gasteiger partial charge in [-0.2, -0.15) is 0 Å². The van der Waals surface area contributed by atoms with Gasteiger partial charge in [-0.15, -0.1) is 0 Å². The Kier molecular flexibility index (Phi) is 5.35. The SMILES string of the molecule is CCCN1C(=O)SCC1=NCN1C(=O)C(=Nc2ccc(O)cc2)c2ccccc21. The Bertz CT molecular complexity index is 1020. The Morgan fingerprint density at radius 2 is 1.83 bits per heavy atom. The molecule has 0 spiro atoms. The van der Waals surface area contributed by atoms with Crippen LogP contribution in [0.5, 0.6) is 5.75 Å². The molecule has 2 heterocycles. The minimum absolute atomic E-state index is 0.00771. The van der Waals surface area contributed by atoms with Crippen LogP contribution in [0.15, 0.2) is 58.5 Å². The minimum atomic E-state index is -0.234. The van der Waals surface area contributed by atoms with Gasteiger partial charge in [0.15, 0.2) is 0 Å². The Balaban J connectivity index is 1.64. The number of anilines is 1. The van der Waals surface area contributed by atoms with Crippen molar-refractivity contribution < 1.29 is 14.7 Å². The Morgan fingerprint density at radius 1 is 1.07 bits per heavy atom. The van der Waals surface area contributed by atoms with Gasteiger partial charge < -0.3 is 5.11 Å². The molecule has 0 aromatic heterocycles. The summed E-state index contributed by atoms with van der Waals surface area (Å²) in [6, 6.07) is 13.8. The van der Waals surface area contributed by atoms with Crippen LogP contribution in [0.2, 0.25) is 0 Å². The lowest BCUT2D eigenvalue weighted by Crippen LogP contribution is -2.34. The summed E-state index contributed by atoms with van der Waals surface area (Å²) < 4.78 is 0. The van der Waals surface area contributed by atoms with Crippen LogP contribution in [0, 0.1) is 0 Å². The molecule has 0 atom stereocenters. The van der Waals surface area contributed by atoms with Crippen LogP contribution >= 0.6 is 11.8 Å². The van der Waals surface area contributed by atoms with Gasteiger partial charge in [-0.3, -0.25) is 19.4 Å². The van der Waals surface area contributed by atoms with Crippen LogP contribution < -0.4 is 4.90 Å². The highest BCUT2D eigenvalue weighted by Gasteiger charge is 2.34. The average molecular weight is 408 g/mol. The molecule has 2 aromatic carbocycles. The second-order valence-electron chi connectivity index (χ2n) is 6.65. The minimum Gasteiger partial charge on any atom is -0.508 e. The number of hydrogen-bond acceptors (Lipinski definition) is 6. The molecular formula is C21H20N4O3S. The number of hydrogen-bond donors (Lipinski definition) is 1. The molecule has 1 N–H and O–H groups in total. The van der Waals surface area contributed by atoms with E-state index in [4.69, 9.17) is 0 Å². The van der Waals surface area contributed by atoms with Gasteiger partial charge in [0.05, 0.1) is 17.1 Å². The van der Waals surface area contributed by atoms with Gasteiger partial charge in [-0.25, -0.2) is 9.98 Å². The fourth-order valence-corrected chi connectivity index (χ4v) is 4.13. The number of rotatable bonds is 5. The lowest BCUT2D eigenvalue weighted by atomic mass is 10.1. The fourth-order valence-electron chi connectivity index (χ4n) is 3.28. The molecule has 0 unspecified atom stereocenters. The maximum atomic E-state index is 13.1. The summed E-state index contributed by atoms with van der Waals surface area (Å²) in [5.41, 5.74) is 2.42. The van der Waals surface area contributed by atoms with Gasteiger partial charge in [0.1, 0.15) is 24.0 Å². The molecule has 2 aliphatic rings. The largest absolute Gasteiger partial charge is 0.508 e. The quantitative estimate of drug-likeness (QED) is 0.816. The number of aromatic hydroxyl groups is 1. The van der Waals surface area contributed by atoms with E-state index >= 15 is 0 Å². The standard InChI is InChI=1S/C21H20N4O3S/c1-2-11-24-18(12-29-21(24)28)22-13-25-17-6-4-3-5-16(17)19(20(25)27)23-14-7-9-15(26)10-8-14/h3-10,26H,2,11-13H2,1H3. The van der Waals surface area contributed by atoms with Crippen LogP contribution in [-0.2, 0) is 4.79 Å². The molecule has 2 aromatic rings. The predicted molar refractivity (Wildman–Crippen MR) is 115 cm³/mol. The molecule has 0 aliphatic carbocycles. The van der Waals surface area contributed by atoms with E-state index in [2.05, 4.69) is 9.98 Å². The van der Waals surface area contributed by atoms with Crippen LogP contribution in [0.3, 0.4) is 0 Å². The third-order valence-electron chi connectivity index (χ3n) is 4.69. The molecule has 4 rings (SSSR count). The number of carbonyl (C=O) groups excluding carboxylic acids is 2. The smallest absolute Gasteiger partial charge is 0.287 e. The monoisotopic (exact) mass is 408 g/mol. The highest BCUT2D eigenvalue weighted by molar-refractivity contribution is 8.14. The van der Waals surface area contributed by atoms with Gasteiger partial charge in [0.25, 0.3) is 11.1 Å². The number of amidine groups is 1. The maximum Gasteiger partial charge on any atom is 0.287 e. The van der Waals surface area contributed by atoms with Crippen molar-refractivity contribution in [3.63, 3.8) is 0 Å². The van der Waals surface area contributed by atoms with Crippen molar-refractivity contribution in [2.75, 3.05) is 23.9 Å². The molecular weight excluding hydrogens is 388 g/mol. The summed E-state index contributed by atoms with van der Waals surface area (Å²) in [7, 11) is 0. The van der Waals surface area contributed by atoms with E-state index in [1.165, 1.54) is 23.9 Å². The van der Waals surface area contributed by atoms with Gasteiger partial charge >= 0.3 is 0 Å². The third-order valence-corrected chi connectivity index (χ3v) is 5.56. The van der Waals surface area contributed by atoms with E-state index in [0.717, 1.165) is 17.7 Å². The zero-order chi connectivity index (χ0) is 20.4. The first-order valence-corrected chi connectivity index (χ1v) is 10.3. The van der Waals surface area contributed by atoms with Crippen molar-refractivity contribution >= 4 is 45.8 Å². The summed E-state index contributed by atoms with van der Waals surface area (Å²) in [6.07, 6.45) is 0.847. The lowest BCUT2D eigenvalue weighted by molar-refractivity contribution is -0.112. The van der Waals surface area contributed by atoms with Crippen LogP contribution in [0.25, 0.3) is 0 Å². The fraction of sp³-hybridized carbons (Fsp3) is 0.238. The molecule has 1 saturated heterocycles. The number of para-hydroxylation sites is 1. The molecule has 2 aliphatic heterocycles. The average Bonchev–Trinajstić information content (AvgIpc) is 3.20. The van der Waals surface area contributed by atoms with E-state index in [9.17, 15) is 14.7 Å². The lowest BCUT2D eigenvalue weighted by Gasteiger charge is -2.18. The molecule has 7 nitrogen and oxygen atoms in total. The maximum absolute atomic E-state index is 13.1.